The Hall–Kier alpha value is -4.06. The summed E-state index contributed by atoms with van der Waals surface area (Å²) in [5.41, 5.74) is 2.32. The van der Waals surface area contributed by atoms with E-state index in [0.717, 1.165) is 31.9 Å². The molecule has 5 rings (SSSR count). The molecule has 36 heavy (non-hydrogen) atoms. The van der Waals surface area contributed by atoms with Crippen LogP contribution in [0.25, 0.3) is 27.6 Å². The maximum absolute atomic E-state index is 13.1. The monoisotopic (exact) mass is 499 g/mol. The van der Waals surface area contributed by atoms with E-state index in [1.807, 2.05) is 7.05 Å². The molecule has 188 valence electrons. The van der Waals surface area contributed by atoms with E-state index >= 15 is 0 Å². The van der Waals surface area contributed by atoms with Crippen molar-refractivity contribution in [3.63, 3.8) is 0 Å². The third kappa shape index (κ3) is 4.59. The Bertz CT molecular complexity index is 1460. The normalized spacial score (nSPS) is 15.0. The molecule has 0 aliphatic carbocycles. The van der Waals surface area contributed by atoms with Crippen molar-refractivity contribution in [3.05, 3.63) is 48.8 Å². The highest BCUT2D eigenvalue weighted by atomic mass is 19.4. The second kappa shape index (κ2) is 8.86. The molecule has 1 saturated heterocycles. The summed E-state index contributed by atoms with van der Waals surface area (Å²) in [6, 6.07) is 8.08. The lowest BCUT2D eigenvalue weighted by atomic mass is 10.1. The molecule has 0 atom stereocenters. The number of alkyl halides is 3. The minimum Gasteiger partial charge on any atom is -0.506 e. The molecule has 1 aliphatic heterocycles. The quantitative estimate of drug-likeness (QED) is 0.390. The predicted octanol–water partition coefficient (Wildman–Crippen LogP) is 4.44. The van der Waals surface area contributed by atoms with Crippen LogP contribution in [0.2, 0.25) is 0 Å². The molecule has 3 heterocycles. The van der Waals surface area contributed by atoms with Crippen LogP contribution in [-0.2, 0) is 7.05 Å². The summed E-state index contributed by atoms with van der Waals surface area (Å²) in [6.45, 7) is 6.75. The first-order valence-electron chi connectivity index (χ1n) is 11.2. The molecule has 0 bridgehead atoms. The molecule has 0 saturated carbocycles. The van der Waals surface area contributed by atoms with E-state index in [9.17, 15) is 18.3 Å². The standard InChI is InChI=1S/C24H24F3N7O2/c1-14(35)20-17-6-4-15-13-28-23(30-21(15)22(17)33(3)31-20)29-18-12-16(34-10-8-32(2)9-11-34)5-7-19(18)36-24(25,26)27/h4-7,12-13,35H,1,8-11H2,2-3H3,(H,28,29,30). The van der Waals surface area contributed by atoms with E-state index in [2.05, 4.69) is 41.5 Å². The molecule has 0 spiro atoms. The number of fused-ring (bicyclic) bond motifs is 3. The summed E-state index contributed by atoms with van der Waals surface area (Å²) in [4.78, 5) is 13.2. The zero-order valence-corrected chi connectivity index (χ0v) is 19.7. The Balaban J connectivity index is 1.56. The number of nitrogens with one attached hydrogen (secondary N) is 1. The van der Waals surface area contributed by atoms with Crippen LogP contribution in [-0.4, -0.2) is 69.3 Å². The molecular formula is C24H24F3N7O2. The van der Waals surface area contributed by atoms with Crippen LogP contribution in [0.5, 0.6) is 5.75 Å². The fourth-order valence-electron chi connectivity index (χ4n) is 4.34. The van der Waals surface area contributed by atoms with Gasteiger partial charge in [0, 0.05) is 55.9 Å². The minimum atomic E-state index is -4.86. The van der Waals surface area contributed by atoms with Crippen molar-refractivity contribution in [2.24, 2.45) is 7.05 Å². The lowest BCUT2D eigenvalue weighted by Crippen LogP contribution is -2.44. The van der Waals surface area contributed by atoms with Gasteiger partial charge in [-0.3, -0.25) is 4.68 Å². The fraction of sp³-hybridized carbons (Fsp3) is 0.292. The first-order chi connectivity index (χ1) is 17.1. The van der Waals surface area contributed by atoms with Gasteiger partial charge in [-0.2, -0.15) is 5.10 Å². The SMILES string of the molecule is C=C(O)c1nn(C)c2c1ccc1cnc(Nc3cc(N4CCN(C)CC4)ccc3OC(F)(F)F)nc12. The number of rotatable bonds is 5. The van der Waals surface area contributed by atoms with Crippen LogP contribution in [0.4, 0.5) is 30.5 Å². The van der Waals surface area contributed by atoms with Crippen LogP contribution >= 0.6 is 0 Å². The van der Waals surface area contributed by atoms with Gasteiger partial charge in [-0.25, -0.2) is 9.97 Å². The molecule has 4 aromatic rings. The third-order valence-corrected chi connectivity index (χ3v) is 6.13. The number of hydrogen-bond acceptors (Lipinski definition) is 8. The first-order valence-corrected chi connectivity index (χ1v) is 11.2. The van der Waals surface area contributed by atoms with Crippen molar-refractivity contribution >= 4 is 44.9 Å². The Morgan fingerprint density at radius 2 is 1.86 bits per heavy atom. The average Bonchev–Trinajstić information content (AvgIpc) is 3.17. The highest BCUT2D eigenvalue weighted by Crippen LogP contribution is 2.36. The lowest BCUT2D eigenvalue weighted by molar-refractivity contribution is -0.274. The van der Waals surface area contributed by atoms with Gasteiger partial charge in [-0.1, -0.05) is 12.6 Å². The highest BCUT2D eigenvalue weighted by Gasteiger charge is 2.32. The molecule has 12 heteroatoms. The predicted molar refractivity (Wildman–Crippen MR) is 132 cm³/mol. The summed E-state index contributed by atoms with van der Waals surface area (Å²) in [5.74, 6) is -0.480. The topological polar surface area (TPSA) is 91.6 Å². The lowest BCUT2D eigenvalue weighted by Gasteiger charge is -2.34. The molecular weight excluding hydrogens is 475 g/mol. The van der Waals surface area contributed by atoms with Gasteiger partial charge >= 0.3 is 6.36 Å². The van der Waals surface area contributed by atoms with Crippen molar-refractivity contribution in [2.45, 2.75) is 6.36 Å². The molecule has 1 aliphatic rings. The van der Waals surface area contributed by atoms with Crippen molar-refractivity contribution in [1.29, 1.82) is 0 Å². The van der Waals surface area contributed by atoms with Gasteiger partial charge in [0.15, 0.2) is 5.75 Å². The molecule has 2 N–H and O–H groups in total. The summed E-state index contributed by atoms with van der Waals surface area (Å²) >= 11 is 0. The van der Waals surface area contributed by atoms with E-state index in [1.54, 1.807) is 42.2 Å². The Kier molecular flexibility index (Phi) is 5.83. The number of aryl methyl sites for hydroxylation is 1. The van der Waals surface area contributed by atoms with Gasteiger partial charge in [-0.15, -0.1) is 13.2 Å². The maximum Gasteiger partial charge on any atom is 0.573 e. The Morgan fingerprint density at radius 1 is 1.11 bits per heavy atom. The van der Waals surface area contributed by atoms with E-state index in [1.165, 1.54) is 6.07 Å². The Morgan fingerprint density at radius 3 is 2.56 bits per heavy atom. The van der Waals surface area contributed by atoms with Crippen LogP contribution < -0.4 is 15.0 Å². The number of anilines is 3. The second-order valence-electron chi connectivity index (χ2n) is 8.66. The largest absolute Gasteiger partial charge is 0.573 e. The number of benzene rings is 2. The molecule has 1 fully saturated rings. The number of hydrogen-bond donors (Lipinski definition) is 2. The van der Waals surface area contributed by atoms with Crippen LogP contribution in [0.15, 0.2) is 43.1 Å². The molecule has 9 nitrogen and oxygen atoms in total. The van der Waals surface area contributed by atoms with Crippen LogP contribution in [0, 0.1) is 0 Å². The maximum atomic E-state index is 13.1. The van der Waals surface area contributed by atoms with Gasteiger partial charge in [0.2, 0.25) is 5.95 Å². The van der Waals surface area contributed by atoms with Gasteiger partial charge in [-0.05, 0) is 31.3 Å². The van der Waals surface area contributed by atoms with Gasteiger partial charge in [0.1, 0.15) is 17.0 Å². The number of ether oxygens (including phenoxy) is 1. The van der Waals surface area contributed by atoms with Gasteiger partial charge < -0.3 is 25.0 Å². The molecule has 2 aromatic carbocycles. The Labute approximate surface area is 204 Å². The van der Waals surface area contributed by atoms with Gasteiger partial charge in [0.05, 0.1) is 11.2 Å². The summed E-state index contributed by atoms with van der Waals surface area (Å²) < 4.78 is 45.2. The van der Waals surface area contributed by atoms with Crippen molar-refractivity contribution in [2.75, 3.05) is 43.4 Å². The smallest absolute Gasteiger partial charge is 0.506 e. The summed E-state index contributed by atoms with van der Waals surface area (Å²) in [7, 11) is 3.73. The number of aliphatic hydroxyl groups is 1. The first kappa shape index (κ1) is 23.7. The zero-order chi connectivity index (χ0) is 25.6. The number of aliphatic hydroxyl groups excluding tert-OH is 1. The van der Waals surface area contributed by atoms with E-state index in [-0.39, 0.29) is 23.1 Å². The summed E-state index contributed by atoms with van der Waals surface area (Å²) in [6.07, 6.45) is -3.29. The average molecular weight is 499 g/mol. The van der Waals surface area contributed by atoms with E-state index in [0.29, 0.717) is 27.5 Å². The second-order valence-corrected chi connectivity index (χ2v) is 8.66. The summed E-state index contributed by atoms with van der Waals surface area (Å²) in [5, 5.41) is 18.5. The van der Waals surface area contributed by atoms with Crippen molar-refractivity contribution < 1.29 is 23.0 Å². The van der Waals surface area contributed by atoms with E-state index in [4.69, 9.17) is 0 Å². The number of halogens is 3. The number of likely N-dealkylation sites (N-methyl/N-ethyl adjacent to an activating group) is 1. The molecule has 0 amide bonds. The fourth-order valence-corrected chi connectivity index (χ4v) is 4.34. The third-order valence-electron chi connectivity index (χ3n) is 6.13. The molecule has 0 radical (unpaired) electrons. The molecule has 0 unspecified atom stereocenters. The van der Waals surface area contributed by atoms with Crippen molar-refractivity contribution in [3.8, 4) is 5.75 Å². The molecule has 2 aromatic heterocycles. The minimum absolute atomic E-state index is 0.0862. The highest BCUT2D eigenvalue weighted by molar-refractivity contribution is 6.06. The number of nitrogens with zero attached hydrogens (tertiary/aromatic N) is 6. The van der Waals surface area contributed by atoms with Crippen LogP contribution in [0.3, 0.4) is 0 Å². The van der Waals surface area contributed by atoms with E-state index < -0.39 is 6.36 Å². The number of piperazine rings is 1. The number of aromatic nitrogens is 4. The van der Waals surface area contributed by atoms with Crippen LogP contribution in [0.1, 0.15) is 5.69 Å². The van der Waals surface area contributed by atoms with Gasteiger partial charge in [0.25, 0.3) is 0 Å². The zero-order valence-electron chi connectivity index (χ0n) is 19.7. The van der Waals surface area contributed by atoms with Crippen molar-refractivity contribution in [1.82, 2.24) is 24.6 Å².